The number of rotatable bonds is 0. The predicted octanol–water partition coefficient (Wildman–Crippen LogP) is 3.34. The lowest BCUT2D eigenvalue weighted by molar-refractivity contribution is 0.625. The first kappa shape index (κ1) is 17.2. The number of aryl methyl sites for hydroxylation is 1. The van der Waals surface area contributed by atoms with Crippen molar-refractivity contribution >= 4 is 5.69 Å². The molecule has 116 valence electrons. The van der Waals surface area contributed by atoms with E-state index in [1.165, 1.54) is 30.5 Å². The van der Waals surface area contributed by atoms with Gasteiger partial charge >= 0.3 is 0 Å². The molecule has 2 unspecified atom stereocenters. The molecule has 0 amide bonds. The van der Waals surface area contributed by atoms with Crippen molar-refractivity contribution < 1.29 is 0 Å². The Morgan fingerprint density at radius 3 is 2.21 bits per heavy atom. The zero-order valence-electron chi connectivity index (χ0n) is 14.1. The summed E-state index contributed by atoms with van der Waals surface area (Å²) in [5.74, 6) is 19.2. The second-order valence-corrected chi connectivity index (χ2v) is 5.82. The molecule has 1 aromatic carbocycles. The minimum absolute atomic E-state index is 0.798. The number of terminal acetylenes is 2. The summed E-state index contributed by atoms with van der Waals surface area (Å²) in [5.41, 5.74) is 4.49. The van der Waals surface area contributed by atoms with Gasteiger partial charge in [-0.05, 0) is 78.8 Å². The molecule has 2 aliphatic rings. The minimum Gasteiger partial charge on any atom is -0.371 e. The molecule has 1 fully saturated rings. The third kappa shape index (κ3) is 3.97. The van der Waals surface area contributed by atoms with Crippen molar-refractivity contribution in [3.63, 3.8) is 0 Å². The number of anilines is 1. The van der Waals surface area contributed by atoms with Crippen molar-refractivity contribution in [3.8, 4) is 60.2 Å². The van der Waals surface area contributed by atoms with Gasteiger partial charge in [0.1, 0.15) is 0 Å². The molecule has 0 N–H and O–H groups in total. The second kappa shape index (κ2) is 8.45. The van der Waals surface area contributed by atoms with Crippen LogP contribution < -0.4 is 4.90 Å². The van der Waals surface area contributed by atoms with Gasteiger partial charge < -0.3 is 4.90 Å². The van der Waals surface area contributed by atoms with Crippen LogP contribution >= 0.6 is 0 Å². The van der Waals surface area contributed by atoms with E-state index in [4.69, 9.17) is 12.8 Å². The number of fused-ring (bicyclic) bond motifs is 3. The lowest BCUT2D eigenvalue weighted by Crippen LogP contribution is -2.26. The zero-order valence-corrected chi connectivity index (χ0v) is 14.1. The molecule has 1 aliphatic heterocycles. The van der Waals surface area contributed by atoms with Gasteiger partial charge in [0.2, 0.25) is 0 Å². The van der Waals surface area contributed by atoms with Gasteiger partial charge in [0, 0.05) is 24.7 Å². The van der Waals surface area contributed by atoms with E-state index >= 15 is 0 Å². The Bertz CT molecular complexity index is 836. The maximum atomic E-state index is 4.81. The lowest BCUT2D eigenvalue weighted by atomic mass is 9.96. The Morgan fingerprint density at radius 2 is 1.58 bits per heavy atom. The Morgan fingerprint density at radius 1 is 0.958 bits per heavy atom. The Hall–Kier alpha value is -3.18. The third-order valence-electron chi connectivity index (χ3n) is 4.40. The molecular formula is C23H19N. The summed E-state index contributed by atoms with van der Waals surface area (Å²) in [6.45, 7) is 2.20. The fraction of sp³-hybridized carbons (Fsp3) is 0.304. The molecule has 3 rings (SSSR count). The fourth-order valence-corrected chi connectivity index (χ4v) is 3.43. The van der Waals surface area contributed by atoms with Crippen LogP contribution in [0.15, 0.2) is 18.2 Å². The highest BCUT2D eigenvalue weighted by Gasteiger charge is 2.39. The van der Waals surface area contributed by atoms with Crippen LogP contribution in [0.1, 0.15) is 36.3 Å². The van der Waals surface area contributed by atoms with Crippen molar-refractivity contribution in [1.29, 1.82) is 0 Å². The average Bonchev–Trinajstić information content (AvgIpc) is 3.15. The summed E-state index contributed by atoms with van der Waals surface area (Å²) in [6, 6.07) is 7.72. The molecule has 0 saturated heterocycles. The van der Waals surface area contributed by atoms with E-state index in [0.717, 1.165) is 12.0 Å². The highest BCUT2D eigenvalue weighted by Crippen LogP contribution is 2.48. The van der Waals surface area contributed by atoms with Crippen LogP contribution in [0.25, 0.3) is 0 Å². The lowest BCUT2D eigenvalue weighted by Gasteiger charge is -2.21. The van der Waals surface area contributed by atoms with Crippen LogP contribution in [0.3, 0.4) is 0 Å². The number of hydrogen-bond acceptors (Lipinski definition) is 1. The molecule has 1 nitrogen and oxygen atoms in total. The van der Waals surface area contributed by atoms with Gasteiger partial charge in [0.05, 0.1) is 0 Å². The highest BCUT2D eigenvalue weighted by atomic mass is 15.2. The minimum atomic E-state index is 0.798. The number of likely N-dealkylation sites (N-methyl/N-ethyl adjacent to an activating group) is 1. The van der Waals surface area contributed by atoms with E-state index in [1.807, 2.05) is 0 Å². The van der Waals surface area contributed by atoms with Crippen LogP contribution in [-0.2, 0) is 0 Å². The monoisotopic (exact) mass is 309 g/mol. The van der Waals surface area contributed by atoms with E-state index in [1.54, 1.807) is 5.56 Å². The van der Waals surface area contributed by atoms with E-state index in [2.05, 4.69) is 84.4 Å². The first-order valence-electron chi connectivity index (χ1n) is 7.93. The Kier molecular flexibility index (Phi) is 6.05. The third-order valence-corrected chi connectivity index (χ3v) is 4.40. The quantitative estimate of drug-likeness (QED) is 0.664. The van der Waals surface area contributed by atoms with E-state index in [9.17, 15) is 0 Å². The van der Waals surface area contributed by atoms with Gasteiger partial charge in [0.15, 0.2) is 0 Å². The van der Waals surface area contributed by atoms with Gasteiger partial charge in [-0.25, -0.2) is 0 Å². The molecule has 1 saturated carbocycles. The first-order chi connectivity index (χ1) is 11.7. The van der Waals surface area contributed by atoms with E-state index < -0.39 is 0 Å². The van der Waals surface area contributed by atoms with Crippen molar-refractivity contribution in [3.05, 3.63) is 29.3 Å². The molecule has 0 spiro atoms. The molecule has 2 atom stereocenters. The van der Waals surface area contributed by atoms with E-state index in [0.29, 0.717) is 0 Å². The topological polar surface area (TPSA) is 3.24 Å². The summed E-state index contributed by atoms with van der Waals surface area (Å²) in [5, 5.41) is 0. The summed E-state index contributed by atoms with van der Waals surface area (Å²) in [6.07, 6.45) is 13.8. The van der Waals surface area contributed by atoms with Gasteiger partial charge in [-0.15, -0.1) is 12.8 Å². The summed E-state index contributed by atoms with van der Waals surface area (Å²) >= 11 is 0. The average molecular weight is 309 g/mol. The molecule has 0 bridgehead atoms. The normalized spacial score (nSPS) is 18.4. The van der Waals surface area contributed by atoms with Gasteiger partial charge in [-0.1, -0.05) is 24.1 Å². The van der Waals surface area contributed by atoms with Crippen molar-refractivity contribution in [2.75, 3.05) is 11.9 Å². The van der Waals surface area contributed by atoms with Crippen molar-refractivity contribution in [2.24, 2.45) is 0 Å². The number of hydrogen-bond donors (Lipinski definition) is 0. The van der Waals surface area contributed by atoms with Crippen LogP contribution in [0.5, 0.6) is 0 Å². The fourth-order valence-electron chi connectivity index (χ4n) is 3.43. The second-order valence-electron chi connectivity index (χ2n) is 5.82. The molecule has 1 aliphatic carbocycles. The van der Waals surface area contributed by atoms with Crippen LogP contribution in [-0.4, -0.2) is 13.1 Å². The highest BCUT2D eigenvalue weighted by molar-refractivity contribution is 5.62. The first-order valence-corrected chi connectivity index (χ1v) is 7.93. The maximum Gasteiger partial charge on any atom is 0.0402 e. The molecule has 24 heavy (non-hydrogen) atoms. The number of benzene rings is 1. The molecule has 1 heterocycles. The Balaban J connectivity index is 0.000000187. The SMILES string of the molecule is C#CC#CC#CC#CC#C.Cc1ccc2c(c1)C1CCCC1N2C. The zero-order chi connectivity index (χ0) is 17.4. The van der Waals surface area contributed by atoms with E-state index in [-0.39, 0.29) is 0 Å². The summed E-state index contributed by atoms with van der Waals surface area (Å²) in [4.78, 5) is 2.49. The van der Waals surface area contributed by atoms with Crippen LogP contribution in [0.4, 0.5) is 5.69 Å². The molecular weight excluding hydrogens is 290 g/mol. The van der Waals surface area contributed by atoms with Gasteiger partial charge in [-0.2, -0.15) is 0 Å². The van der Waals surface area contributed by atoms with Crippen molar-refractivity contribution in [2.45, 2.75) is 38.1 Å². The van der Waals surface area contributed by atoms with Gasteiger partial charge in [0.25, 0.3) is 0 Å². The predicted molar refractivity (Wildman–Crippen MR) is 101 cm³/mol. The summed E-state index contributed by atoms with van der Waals surface area (Å²) < 4.78 is 0. The Labute approximate surface area is 145 Å². The molecule has 0 radical (unpaired) electrons. The van der Waals surface area contributed by atoms with Crippen LogP contribution in [0.2, 0.25) is 0 Å². The summed E-state index contributed by atoms with van der Waals surface area (Å²) in [7, 11) is 2.25. The van der Waals surface area contributed by atoms with Crippen LogP contribution in [0, 0.1) is 67.1 Å². The molecule has 0 aromatic heterocycles. The largest absolute Gasteiger partial charge is 0.371 e. The van der Waals surface area contributed by atoms with Crippen molar-refractivity contribution in [1.82, 2.24) is 0 Å². The molecule has 1 heteroatoms. The maximum absolute atomic E-state index is 4.81. The smallest absolute Gasteiger partial charge is 0.0402 e. The number of nitrogens with zero attached hydrogens (tertiary/aromatic N) is 1. The molecule has 1 aromatic rings. The van der Waals surface area contributed by atoms with Gasteiger partial charge in [-0.3, -0.25) is 0 Å². The standard InChI is InChI=1S/C13H17N.C10H2/c1-9-6-7-13-11(8-9)10-4-3-5-12(10)14(13)2;1-3-5-7-9-10-8-6-4-2/h6-8,10,12H,3-5H2,1-2H3;1-2H.